The monoisotopic (exact) mass is 345 g/mol. The Kier molecular flexibility index (Phi) is 6.51. The van der Waals surface area contributed by atoms with Crippen molar-refractivity contribution in [1.29, 1.82) is 0 Å². The number of hydrogen-bond donors (Lipinski definition) is 1. The van der Waals surface area contributed by atoms with E-state index in [1.54, 1.807) is 24.1 Å². The van der Waals surface area contributed by atoms with E-state index in [4.69, 9.17) is 14.2 Å². The van der Waals surface area contributed by atoms with Crippen LogP contribution in [0.25, 0.3) is 0 Å². The molecule has 2 aromatic rings. The summed E-state index contributed by atoms with van der Waals surface area (Å²) in [6.45, 7) is 3.10. The zero-order valence-electron chi connectivity index (χ0n) is 14.7. The molecule has 0 aliphatic heterocycles. The van der Waals surface area contributed by atoms with Gasteiger partial charge in [0.2, 0.25) is 0 Å². The first-order chi connectivity index (χ1) is 12.1. The summed E-state index contributed by atoms with van der Waals surface area (Å²) in [5.74, 6) is 1.56. The normalized spacial score (nSPS) is 10.2. The Morgan fingerprint density at radius 3 is 2.40 bits per heavy atom. The average molecular weight is 345 g/mol. The number of amides is 1. The third-order valence-corrected chi connectivity index (χ3v) is 3.77. The minimum Gasteiger partial charge on any atom is -0.507 e. The maximum atomic E-state index is 12.6. The van der Waals surface area contributed by atoms with E-state index in [1.807, 2.05) is 25.1 Å². The first-order valence-corrected chi connectivity index (χ1v) is 8.02. The molecule has 25 heavy (non-hydrogen) atoms. The SMILES string of the molecule is CCN(CCOc1cccc(OC)c1)C(=O)c1cc(OC)ccc1O. The van der Waals surface area contributed by atoms with Crippen LogP contribution < -0.4 is 14.2 Å². The Morgan fingerprint density at radius 1 is 1.04 bits per heavy atom. The van der Waals surface area contributed by atoms with Crippen LogP contribution in [0.15, 0.2) is 42.5 Å². The highest BCUT2D eigenvalue weighted by Gasteiger charge is 2.18. The largest absolute Gasteiger partial charge is 0.507 e. The molecule has 0 atom stereocenters. The van der Waals surface area contributed by atoms with Gasteiger partial charge in [-0.3, -0.25) is 4.79 Å². The van der Waals surface area contributed by atoms with Crippen LogP contribution >= 0.6 is 0 Å². The number of likely N-dealkylation sites (N-methyl/N-ethyl adjacent to an activating group) is 1. The van der Waals surface area contributed by atoms with Gasteiger partial charge >= 0.3 is 0 Å². The number of phenolic OH excluding ortho intramolecular Hbond substituents is 1. The van der Waals surface area contributed by atoms with Crippen LogP contribution in [-0.2, 0) is 0 Å². The number of carbonyl (C=O) groups excluding carboxylic acids is 1. The third kappa shape index (κ3) is 4.79. The quantitative estimate of drug-likeness (QED) is 0.797. The number of ether oxygens (including phenoxy) is 3. The zero-order chi connectivity index (χ0) is 18.2. The van der Waals surface area contributed by atoms with Gasteiger partial charge in [0.1, 0.15) is 29.6 Å². The van der Waals surface area contributed by atoms with Crippen LogP contribution in [0.2, 0.25) is 0 Å². The average Bonchev–Trinajstić information content (AvgIpc) is 2.65. The molecular formula is C19H23NO5. The topological polar surface area (TPSA) is 68.2 Å². The molecule has 6 nitrogen and oxygen atoms in total. The van der Waals surface area contributed by atoms with Gasteiger partial charge in [0.25, 0.3) is 5.91 Å². The summed E-state index contributed by atoms with van der Waals surface area (Å²) >= 11 is 0. The number of benzene rings is 2. The summed E-state index contributed by atoms with van der Waals surface area (Å²) < 4.78 is 15.9. The van der Waals surface area contributed by atoms with Crippen LogP contribution in [0.5, 0.6) is 23.0 Å². The number of hydrogen-bond acceptors (Lipinski definition) is 5. The fraction of sp³-hybridized carbons (Fsp3) is 0.316. The third-order valence-electron chi connectivity index (χ3n) is 3.77. The van der Waals surface area contributed by atoms with Crippen LogP contribution in [-0.4, -0.2) is 49.8 Å². The molecule has 1 amide bonds. The molecule has 0 bridgehead atoms. The fourth-order valence-electron chi connectivity index (χ4n) is 2.35. The highest BCUT2D eigenvalue weighted by atomic mass is 16.5. The Morgan fingerprint density at radius 2 is 1.72 bits per heavy atom. The van der Waals surface area contributed by atoms with E-state index < -0.39 is 0 Å². The van der Waals surface area contributed by atoms with Gasteiger partial charge in [-0.2, -0.15) is 0 Å². The van der Waals surface area contributed by atoms with E-state index in [2.05, 4.69) is 0 Å². The van der Waals surface area contributed by atoms with Crippen molar-refractivity contribution < 1.29 is 24.1 Å². The molecule has 0 spiro atoms. The van der Waals surface area contributed by atoms with Crippen LogP contribution in [0.1, 0.15) is 17.3 Å². The van der Waals surface area contributed by atoms with Gasteiger partial charge in [-0.15, -0.1) is 0 Å². The van der Waals surface area contributed by atoms with Crippen molar-refractivity contribution in [1.82, 2.24) is 4.90 Å². The van der Waals surface area contributed by atoms with E-state index in [0.717, 1.165) is 0 Å². The molecule has 1 N–H and O–H groups in total. The molecule has 2 aromatic carbocycles. The van der Waals surface area contributed by atoms with E-state index in [1.165, 1.54) is 19.2 Å². The molecule has 6 heteroatoms. The summed E-state index contributed by atoms with van der Waals surface area (Å²) in [6, 6.07) is 11.9. The number of phenols is 1. The number of methoxy groups -OCH3 is 2. The van der Waals surface area contributed by atoms with Crippen LogP contribution in [0.4, 0.5) is 0 Å². The zero-order valence-corrected chi connectivity index (χ0v) is 14.7. The van der Waals surface area contributed by atoms with E-state index in [0.29, 0.717) is 36.9 Å². The first-order valence-electron chi connectivity index (χ1n) is 8.02. The predicted octanol–water partition coefficient (Wildman–Crippen LogP) is 2.95. The lowest BCUT2D eigenvalue weighted by Crippen LogP contribution is -2.34. The van der Waals surface area contributed by atoms with Gasteiger partial charge in [-0.05, 0) is 37.3 Å². The lowest BCUT2D eigenvalue weighted by Gasteiger charge is -2.22. The molecule has 0 saturated heterocycles. The lowest BCUT2D eigenvalue weighted by molar-refractivity contribution is 0.0736. The molecule has 0 saturated carbocycles. The van der Waals surface area contributed by atoms with E-state index >= 15 is 0 Å². The highest BCUT2D eigenvalue weighted by Crippen LogP contribution is 2.24. The van der Waals surface area contributed by atoms with Crippen molar-refractivity contribution in [3.8, 4) is 23.0 Å². The Labute approximate surface area is 147 Å². The number of nitrogens with zero attached hydrogens (tertiary/aromatic N) is 1. The van der Waals surface area contributed by atoms with Gasteiger partial charge in [-0.25, -0.2) is 0 Å². The maximum absolute atomic E-state index is 12.6. The van der Waals surface area contributed by atoms with Crippen molar-refractivity contribution in [2.45, 2.75) is 6.92 Å². The fourth-order valence-corrected chi connectivity index (χ4v) is 2.35. The molecular weight excluding hydrogens is 322 g/mol. The molecule has 0 fully saturated rings. The minimum absolute atomic E-state index is 0.0713. The van der Waals surface area contributed by atoms with Crippen LogP contribution in [0.3, 0.4) is 0 Å². The molecule has 0 radical (unpaired) electrons. The molecule has 0 unspecified atom stereocenters. The van der Waals surface area contributed by atoms with Crippen molar-refractivity contribution in [3.63, 3.8) is 0 Å². The predicted molar refractivity (Wildman–Crippen MR) is 94.7 cm³/mol. The van der Waals surface area contributed by atoms with Gasteiger partial charge in [0.05, 0.1) is 26.3 Å². The molecule has 0 aromatic heterocycles. The van der Waals surface area contributed by atoms with Crippen molar-refractivity contribution in [2.24, 2.45) is 0 Å². The highest BCUT2D eigenvalue weighted by molar-refractivity contribution is 5.97. The van der Waals surface area contributed by atoms with Crippen molar-refractivity contribution in [2.75, 3.05) is 33.9 Å². The summed E-state index contributed by atoms with van der Waals surface area (Å²) in [5, 5.41) is 9.96. The minimum atomic E-state index is -0.270. The van der Waals surface area contributed by atoms with Crippen LogP contribution in [0, 0.1) is 0 Å². The van der Waals surface area contributed by atoms with Gasteiger partial charge < -0.3 is 24.2 Å². The Balaban J connectivity index is 2.00. The molecule has 0 aliphatic rings. The first kappa shape index (κ1) is 18.4. The molecule has 0 heterocycles. The van der Waals surface area contributed by atoms with E-state index in [9.17, 15) is 9.90 Å². The lowest BCUT2D eigenvalue weighted by atomic mass is 10.1. The van der Waals surface area contributed by atoms with Gasteiger partial charge in [0.15, 0.2) is 0 Å². The Bertz CT molecular complexity index is 717. The summed E-state index contributed by atoms with van der Waals surface area (Å²) in [7, 11) is 3.11. The van der Waals surface area contributed by atoms with Crippen molar-refractivity contribution >= 4 is 5.91 Å². The Hall–Kier alpha value is -2.89. The molecule has 0 aliphatic carbocycles. The summed E-state index contributed by atoms with van der Waals surface area (Å²) in [4.78, 5) is 14.2. The van der Waals surface area contributed by atoms with Gasteiger partial charge in [-0.1, -0.05) is 6.07 Å². The number of carbonyl (C=O) groups is 1. The number of aromatic hydroxyl groups is 1. The standard InChI is InChI=1S/C19H23NO5/c1-4-20(10-11-25-16-7-5-6-14(12-16)23-2)19(22)17-13-15(24-3)8-9-18(17)21/h5-9,12-13,21H,4,10-11H2,1-3H3. The second kappa shape index (κ2) is 8.82. The smallest absolute Gasteiger partial charge is 0.257 e. The van der Waals surface area contributed by atoms with Gasteiger partial charge in [0, 0.05) is 12.6 Å². The second-order valence-electron chi connectivity index (χ2n) is 5.30. The second-order valence-corrected chi connectivity index (χ2v) is 5.30. The van der Waals surface area contributed by atoms with E-state index in [-0.39, 0.29) is 17.2 Å². The number of rotatable bonds is 8. The molecule has 134 valence electrons. The summed E-state index contributed by atoms with van der Waals surface area (Å²) in [5.41, 5.74) is 0.211. The summed E-state index contributed by atoms with van der Waals surface area (Å²) in [6.07, 6.45) is 0. The van der Waals surface area contributed by atoms with Crippen molar-refractivity contribution in [3.05, 3.63) is 48.0 Å². The maximum Gasteiger partial charge on any atom is 0.257 e. The molecule has 2 rings (SSSR count).